The van der Waals surface area contributed by atoms with E-state index >= 15 is 0 Å². The van der Waals surface area contributed by atoms with E-state index in [4.69, 9.17) is 5.11 Å². The van der Waals surface area contributed by atoms with E-state index < -0.39 is 85.1 Å². The maximum Gasteiger partial charge on any atom is 0.438 e. The van der Waals surface area contributed by atoms with Crippen molar-refractivity contribution in [3.05, 3.63) is 12.7 Å². The van der Waals surface area contributed by atoms with Crippen LogP contribution in [0.5, 0.6) is 0 Å². The second-order valence-electron chi connectivity index (χ2n) is 7.25. The fourth-order valence-electron chi connectivity index (χ4n) is 2.43. The third-order valence-electron chi connectivity index (χ3n) is 4.60. The van der Waals surface area contributed by atoms with Crippen LogP contribution in [0.4, 0.5) is 83.4 Å². The van der Waals surface area contributed by atoms with Crippen LogP contribution in [0.2, 0.25) is 0 Å². The molecule has 3 nitrogen and oxygen atoms in total. The molecule has 0 aliphatic rings. The second kappa shape index (κ2) is 10.1. The Morgan fingerprint density at radius 2 is 1.00 bits per heavy atom. The summed E-state index contributed by atoms with van der Waals surface area (Å²) in [6.07, 6.45) is -23.8. The highest BCUT2D eigenvalue weighted by Gasteiger charge is 2.98. The molecule has 38 heavy (non-hydrogen) atoms. The van der Waals surface area contributed by atoms with Crippen molar-refractivity contribution in [1.29, 1.82) is 0 Å². The van der Waals surface area contributed by atoms with Crippen LogP contribution in [0.1, 0.15) is 12.8 Å². The summed E-state index contributed by atoms with van der Waals surface area (Å²) in [6.45, 7) is 1.62. The van der Waals surface area contributed by atoms with E-state index in [0.29, 0.717) is 6.08 Å². The van der Waals surface area contributed by atoms with Gasteiger partial charge in [0.05, 0.1) is 12.7 Å². The molecule has 0 amide bonds. The molecule has 0 aromatic rings. The minimum Gasteiger partial charge on any atom is -0.462 e. The maximum atomic E-state index is 13.7. The zero-order chi connectivity index (χ0) is 31.2. The Balaban J connectivity index is 6.60. The molecule has 1 N–H and O–H groups in total. The molecule has 0 aromatic carbocycles. The molecular formula is C16H11F19O3. The number of rotatable bonds is 12. The average molecular weight is 612 g/mol. The first-order valence-corrected chi connectivity index (χ1v) is 8.91. The minimum atomic E-state index is -9.10. The van der Waals surface area contributed by atoms with Crippen molar-refractivity contribution in [2.75, 3.05) is 6.61 Å². The molecule has 1 unspecified atom stereocenters. The van der Waals surface area contributed by atoms with Gasteiger partial charge in [0, 0.05) is 18.9 Å². The maximum absolute atomic E-state index is 13.7. The van der Waals surface area contributed by atoms with E-state index in [2.05, 4.69) is 11.3 Å². The smallest absolute Gasteiger partial charge is 0.438 e. The Hall–Kier alpha value is -2.16. The Kier molecular flexibility index (Phi) is 9.53. The zero-order valence-electron chi connectivity index (χ0n) is 17.4. The van der Waals surface area contributed by atoms with Gasteiger partial charge >= 0.3 is 59.5 Å². The number of ether oxygens (including phenoxy) is 1. The van der Waals surface area contributed by atoms with Crippen LogP contribution >= 0.6 is 0 Å². The van der Waals surface area contributed by atoms with Gasteiger partial charge in [-0.15, -0.1) is 0 Å². The standard InChI is InChI=1S/C16H11F19O3/c1-2-7(37)38-4-3-6(36)5-8(17,18)10(20,21)12(24,25)14(28,29)13(26,27)11(22,23)9(19,15(30,31)32)16(33,34)35/h2,6,36H,1,3-5H2. The predicted octanol–water partition coefficient (Wildman–Crippen LogP) is 6.50. The number of esters is 1. The van der Waals surface area contributed by atoms with Gasteiger partial charge in [0.25, 0.3) is 0 Å². The number of hydrogen-bond acceptors (Lipinski definition) is 3. The summed E-state index contributed by atoms with van der Waals surface area (Å²) < 4.78 is 255. The summed E-state index contributed by atoms with van der Waals surface area (Å²) in [6, 6.07) is 0. The number of aliphatic hydroxyl groups is 1. The minimum absolute atomic E-state index is 0.414. The Labute approximate surface area is 197 Å². The molecule has 0 spiro atoms. The summed E-state index contributed by atoms with van der Waals surface area (Å²) >= 11 is 0. The monoisotopic (exact) mass is 612 g/mol. The van der Waals surface area contributed by atoms with Gasteiger partial charge in [0.1, 0.15) is 0 Å². The van der Waals surface area contributed by atoms with Gasteiger partial charge in [-0.2, -0.15) is 79.0 Å². The average Bonchev–Trinajstić information content (AvgIpc) is 2.69. The van der Waals surface area contributed by atoms with Crippen LogP contribution in [0.25, 0.3) is 0 Å². The molecule has 0 fully saturated rings. The highest BCUT2D eigenvalue weighted by atomic mass is 19.4. The van der Waals surface area contributed by atoms with Gasteiger partial charge in [-0.25, -0.2) is 9.18 Å². The summed E-state index contributed by atoms with van der Waals surface area (Å²) in [4.78, 5) is 10.7. The molecule has 226 valence electrons. The lowest BCUT2D eigenvalue weighted by Gasteiger charge is -2.45. The second-order valence-corrected chi connectivity index (χ2v) is 7.25. The topological polar surface area (TPSA) is 46.5 Å². The number of alkyl halides is 19. The number of hydrogen-bond donors (Lipinski definition) is 1. The molecule has 0 saturated heterocycles. The fourth-order valence-corrected chi connectivity index (χ4v) is 2.43. The summed E-state index contributed by atoms with van der Waals surface area (Å²) in [7, 11) is 0. The Bertz CT molecular complexity index is 843. The summed E-state index contributed by atoms with van der Waals surface area (Å²) in [5, 5.41) is 9.15. The largest absolute Gasteiger partial charge is 0.462 e. The highest BCUT2D eigenvalue weighted by Crippen LogP contribution is 2.66. The molecule has 0 radical (unpaired) electrons. The lowest BCUT2D eigenvalue weighted by Crippen LogP contribution is -2.77. The van der Waals surface area contributed by atoms with E-state index in [1.807, 2.05) is 0 Å². The van der Waals surface area contributed by atoms with Gasteiger partial charge in [0.15, 0.2) is 0 Å². The molecule has 0 aliphatic carbocycles. The molecule has 0 bridgehead atoms. The van der Waals surface area contributed by atoms with Crippen LogP contribution < -0.4 is 0 Å². The molecule has 22 heteroatoms. The van der Waals surface area contributed by atoms with Crippen LogP contribution in [-0.2, 0) is 9.53 Å². The van der Waals surface area contributed by atoms with E-state index in [-0.39, 0.29) is 0 Å². The van der Waals surface area contributed by atoms with Crippen molar-refractivity contribution >= 4 is 5.97 Å². The van der Waals surface area contributed by atoms with Crippen molar-refractivity contribution in [3.8, 4) is 0 Å². The Morgan fingerprint density at radius 1 is 0.658 bits per heavy atom. The van der Waals surface area contributed by atoms with Crippen molar-refractivity contribution in [2.24, 2.45) is 0 Å². The predicted molar refractivity (Wildman–Crippen MR) is 82.0 cm³/mol. The molecule has 0 heterocycles. The number of carbonyl (C=O) groups excluding carboxylic acids is 1. The van der Waals surface area contributed by atoms with Gasteiger partial charge in [-0.1, -0.05) is 6.58 Å². The van der Waals surface area contributed by atoms with E-state index in [9.17, 15) is 88.2 Å². The summed E-state index contributed by atoms with van der Waals surface area (Å²) in [5.41, 5.74) is -8.80. The third-order valence-corrected chi connectivity index (χ3v) is 4.60. The SMILES string of the molecule is C=CC(=O)OCCC(O)CC(F)(F)C(F)(F)C(F)(F)C(F)(F)C(F)(F)C(F)(F)C(F)(C(F)(F)F)C(F)(F)F. The van der Waals surface area contributed by atoms with Crippen molar-refractivity contribution in [2.45, 2.75) is 72.5 Å². The first-order valence-electron chi connectivity index (χ1n) is 8.91. The molecule has 0 rings (SSSR count). The van der Waals surface area contributed by atoms with Crippen LogP contribution in [-0.4, -0.2) is 77.3 Å². The van der Waals surface area contributed by atoms with Crippen molar-refractivity contribution < 1.29 is 98.1 Å². The first kappa shape index (κ1) is 35.8. The zero-order valence-corrected chi connectivity index (χ0v) is 17.4. The normalized spacial score (nSPS) is 16.3. The molecule has 0 aliphatic heterocycles. The van der Waals surface area contributed by atoms with Gasteiger partial charge in [0.2, 0.25) is 0 Å². The van der Waals surface area contributed by atoms with Crippen molar-refractivity contribution in [3.63, 3.8) is 0 Å². The van der Waals surface area contributed by atoms with Gasteiger partial charge in [-0.3, -0.25) is 0 Å². The van der Waals surface area contributed by atoms with Gasteiger partial charge < -0.3 is 9.84 Å². The van der Waals surface area contributed by atoms with Gasteiger partial charge in [-0.05, 0) is 0 Å². The molecular weight excluding hydrogens is 601 g/mol. The molecule has 0 saturated carbocycles. The van der Waals surface area contributed by atoms with E-state index in [1.54, 1.807) is 0 Å². The van der Waals surface area contributed by atoms with Crippen molar-refractivity contribution in [1.82, 2.24) is 0 Å². The number of carbonyl (C=O) groups is 1. The Morgan fingerprint density at radius 3 is 1.34 bits per heavy atom. The molecule has 1 atom stereocenters. The lowest BCUT2D eigenvalue weighted by atomic mass is 9.83. The van der Waals surface area contributed by atoms with Crippen LogP contribution in [0, 0.1) is 0 Å². The molecule has 0 aromatic heterocycles. The van der Waals surface area contributed by atoms with Crippen LogP contribution in [0.3, 0.4) is 0 Å². The van der Waals surface area contributed by atoms with Crippen LogP contribution in [0.15, 0.2) is 12.7 Å². The first-order chi connectivity index (χ1) is 16.3. The number of halogens is 19. The number of aliphatic hydroxyl groups excluding tert-OH is 1. The van der Waals surface area contributed by atoms with E-state index in [1.165, 1.54) is 0 Å². The highest BCUT2D eigenvalue weighted by molar-refractivity contribution is 5.81. The summed E-state index contributed by atoms with van der Waals surface area (Å²) in [5.74, 6) is -52.0. The fraction of sp³-hybridized carbons (Fsp3) is 0.812. The quantitative estimate of drug-likeness (QED) is 0.156. The van der Waals surface area contributed by atoms with E-state index in [0.717, 1.165) is 0 Å². The lowest BCUT2D eigenvalue weighted by molar-refractivity contribution is -0.472. The third kappa shape index (κ3) is 5.32.